The van der Waals surface area contributed by atoms with Crippen molar-refractivity contribution >= 4 is 8.07 Å². The predicted molar refractivity (Wildman–Crippen MR) is 104 cm³/mol. The van der Waals surface area contributed by atoms with Crippen LogP contribution in [0.5, 0.6) is 0 Å². The molecule has 0 atom stereocenters. The van der Waals surface area contributed by atoms with Gasteiger partial charge in [0.05, 0.1) is 8.07 Å². The molecule has 0 aliphatic carbocycles. The van der Waals surface area contributed by atoms with E-state index in [-0.39, 0.29) is 0 Å². The van der Waals surface area contributed by atoms with E-state index in [2.05, 4.69) is 90.9 Å². The van der Waals surface area contributed by atoms with Gasteiger partial charge in [0.25, 0.3) is 0 Å². The average molecular weight is 324 g/mol. The van der Waals surface area contributed by atoms with E-state index >= 15 is 0 Å². The third-order valence-corrected chi connectivity index (χ3v) is 7.09. The van der Waals surface area contributed by atoms with E-state index in [1.54, 1.807) is 0 Å². The fraction of sp³-hybridized carbons (Fsp3) is 0.333. The maximum absolute atomic E-state index is 4.01. The molecule has 0 aliphatic heterocycles. The van der Waals surface area contributed by atoms with Crippen LogP contribution >= 0.6 is 0 Å². The number of hydrogen-bond donors (Lipinski definition) is 0. The molecule has 2 aromatic carbocycles. The molecule has 0 aliphatic rings. The highest BCUT2D eigenvalue weighted by molar-refractivity contribution is 6.82. The maximum atomic E-state index is 4.01. The first-order valence-corrected chi connectivity index (χ1v) is 11.8. The lowest BCUT2D eigenvalue weighted by Crippen LogP contribution is -2.27. The lowest BCUT2D eigenvalue weighted by atomic mass is 10.1. The molecular formula is C21H29NSi. The molecule has 0 saturated heterocycles. The molecule has 23 heavy (non-hydrogen) atoms. The second-order valence-electron chi connectivity index (χ2n) is 6.98. The van der Waals surface area contributed by atoms with Gasteiger partial charge in [0, 0.05) is 13.1 Å². The van der Waals surface area contributed by atoms with Crippen LogP contribution in [0.4, 0.5) is 0 Å². The zero-order chi connectivity index (χ0) is 16.5. The Morgan fingerprint density at radius 1 is 0.870 bits per heavy atom. The molecule has 2 heteroatoms. The molecule has 0 N–H and O–H groups in total. The molecule has 2 aromatic rings. The van der Waals surface area contributed by atoms with Gasteiger partial charge in [-0.1, -0.05) is 79.8 Å². The summed E-state index contributed by atoms with van der Waals surface area (Å²) in [5.74, 6) is 0. The number of nitrogens with zero attached hydrogens (tertiary/aromatic N) is 1. The van der Waals surface area contributed by atoms with Gasteiger partial charge in [0.2, 0.25) is 0 Å². The van der Waals surface area contributed by atoms with Gasteiger partial charge in [-0.3, -0.25) is 4.90 Å². The second kappa shape index (κ2) is 8.85. The van der Waals surface area contributed by atoms with Crippen molar-refractivity contribution in [3.63, 3.8) is 0 Å². The van der Waals surface area contributed by atoms with Gasteiger partial charge in [-0.05, 0) is 24.1 Å². The minimum absolute atomic E-state index is 1.02. The van der Waals surface area contributed by atoms with Gasteiger partial charge < -0.3 is 0 Å². The topological polar surface area (TPSA) is 3.24 Å². The van der Waals surface area contributed by atoms with E-state index in [1.165, 1.54) is 23.6 Å². The fourth-order valence-electron chi connectivity index (χ4n) is 2.76. The van der Waals surface area contributed by atoms with Crippen molar-refractivity contribution < 1.29 is 0 Å². The van der Waals surface area contributed by atoms with Gasteiger partial charge in [0.15, 0.2) is 0 Å². The number of benzene rings is 2. The lowest BCUT2D eigenvalue weighted by molar-refractivity contribution is 0.257. The third kappa shape index (κ3) is 6.55. The molecule has 0 fully saturated rings. The van der Waals surface area contributed by atoms with Crippen LogP contribution in [-0.4, -0.2) is 19.5 Å². The van der Waals surface area contributed by atoms with Crippen LogP contribution in [0.3, 0.4) is 0 Å². The van der Waals surface area contributed by atoms with Crippen LogP contribution < -0.4 is 0 Å². The Kier molecular flexibility index (Phi) is 6.81. The van der Waals surface area contributed by atoms with Crippen LogP contribution in [0.2, 0.25) is 19.1 Å². The summed E-state index contributed by atoms with van der Waals surface area (Å²) in [7, 11) is -1.19. The maximum Gasteiger partial charge on any atom is 0.0710 e. The summed E-state index contributed by atoms with van der Waals surface area (Å²) in [6.45, 7) is 12.0. The number of rotatable bonds is 9. The minimum Gasteiger partial charge on any atom is -0.295 e. The summed E-state index contributed by atoms with van der Waals surface area (Å²) < 4.78 is 0. The van der Waals surface area contributed by atoms with Crippen molar-refractivity contribution in [1.29, 1.82) is 0 Å². The third-order valence-electron chi connectivity index (χ3n) is 4.35. The zero-order valence-electron chi connectivity index (χ0n) is 14.5. The van der Waals surface area contributed by atoms with E-state index in [0.717, 1.165) is 19.6 Å². The predicted octanol–water partition coefficient (Wildman–Crippen LogP) is 5.51. The van der Waals surface area contributed by atoms with E-state index in [4.69, 9.17) is 0 Å². The molecule has 0 amide bonds. The van der Waals surface area contributed by atoms with Crippen molar-refractivity contribution in [3.05, 3.63) is 84.1 Å². The van der Waals surface area contributed by atoms with Crippen LogP contribution in [0.1, 0.15) is 17.5 Å². The minimum atomic E-state index is -1.19. The van der Waals surface area contributed by atoms with Gasteiger partial charge in [0.1, 0.15) is 0 Å². The number of hydrogen-bond acceptors (Lipinski definition) is 1. The molecule has 122 valence electrons. The first-order valence-electron chi connectivity index (χ1n) is 8.53. The molecule has 0 radical (unpaired) electrons. The van der Waals surface area contributed by atoms with Crippen molar-refractivity contribution in [2.24, 2.45) is 0 Å². The first kappa shape index (κ1) is 17.7. The highest BCUT2D eigenvalue weighted by Gasteiger charge is 2.16. The zero-order valence-corrected chi connectivity index (χ0v) is 15.5. The van der Waals surface area contributed by atoms with Crippen molar-refractivity contribution in [3.8, 4) is 0 Å². The van der Waals surface area contributed by atoms with Crippen LogP contribution in [0, 0.1) is 0 Å². The van der Waals surface area contributed by atoms with Gasteiger partial charge in [-0.15, -0.1) is 12.3 Å². The SMILES string of the molecule is C=C[Si](C)(C)CCCN(Cc1ccccc1)Cc1ccccc1. The monoisotopic (exact) mass is 323 g/mol. The Balaban J connectivity index is 1.97. The van der Waals surface area contributed by atoms with Crippen molar-refractivity contribution in [2.45, 2.75) is 38.6 Å². The van der Waals surface area contributed by atoms with Gasteiger partial charge in [-0.25, -0.2) is 0 Å². The Morgan fingerprint density at radius 2 is 1.35 bits per heavy atom. The normalized spacial score (nSPS) is 11.6. The lowest BCUT2D eigenvalue weighted by Gasteiger charge is -2.25. The molecule has 0 heterocycles. The molecule has 0 aromatic heterocycles. The summed E-state index contributed by atoms with van der Waals surface area (Å²) >= 11 is 0. The van der Waals surface area contributed by atoms with Crippen LogP contribution in [0.15, 0.2) is 72.9 Å². The van der Waals surface area contributed by atoms with E-state index in [9.17, 15) is 0 Å². The second-order valence-corrected chi connectivity index (χ2v) is 11.9. The van der Waals surface area contributed by atoms with E-state index in [0.29, 0.717) is 0 Å². The van der Waals surface area contributed by atoms with Gasteiger partial charge in [-0.2, -0.15) is 0 Å². The van der Waals surface area contributed by atoms with E-state index in [1.807, 2.05) is 0 Å². The molecule has 0 unspecified atom stereocenters. The summed E-state index contributed by atoms with van der Waals surface area (Å²) in [6.07, 6.45) is 1.25. The Morgan fingerprint density at radius 3 is 1.78 bits per heavy atom. The summed E-state index contributed by atoms with van der Waals surface area (Å²) in [4.78, 5) is 2.57. The molecule has 0 spiro atoms. The van der Waals surface area contributed by atoms with Crippen LogP contribution in [0.25, 0.3) is 0 Å². The molecule has 0 saturated carbocycles. The first-order chi connectivity index (χ1) is 11.1. The standard InChI is InChI=1S/C21H29NSi/c1-4-23(2,3)17-11-16-22(18-20-12-7-5-8-13-20)19-21-14-9-6-10-15-21/h4-10,12-15H,1,11,16-19H2,2-3H3. The Hall–Kier alpha value is -1.64. The quantitative estimate of drug-likeness (QED) is 0.550. The molecule has 2 rings (SSSR count). The van der Waals surface area contributed by atoms with Crippen LogP contribution in [-0.2, 0) is 13.1 Å². The molecule has 1 nitrogen and oxygen atoms in total. The van der Waals surface area contributed by atoms with Crippen molar-refractivity contribution in [2.75, 3.05) is 6.54 Å². The van der Waals surface area contributed by atoms with E-state index < -0.39 is 8.07 Å². The smallest absolute Gasteiger partial charge is 0.0710 e. The summed E-state index contributed by atoms with van der Waals surface area (Å²) in [5, 5.41) is 0. The average Bonchev–Trinajstić information content (AvgIpc) is 2.56. The summed E-state index contributed by atoms with van der Waals surface area (Å²) in [6, 6.07) is 22.9. The Bertz CT molecular complexity index is 536. The highest BCUT2D eigenvalue weighted by Crippen LogP contribution is 2.16. The van der Waals surface area contributed by atoms with Gasteiger partial charge >= 0.3 is 0 Å². The fourth-order valence-corrected chi connectivity index (χ4v) is 4.03. The molecule has 0 bridgehead atoms. The Labute approximate surface area is 142 Å². The molecular weight excluding hydrogens is 294 g/mol. The summed E-state index contributed by atoms with van der Waals surface area (Å²) in [5.41, 5.74) is 5.00. The highest BCUT2D eigenvalue weighted by atomic mass is 28.3. The largest absolute Gasteiger partial charge is 0.295 e. The van der Waals surface area contributed by atoms with Crippen molar-refractivity contribution in [1.82, 2.24) is 4.90 Å².